The summed E-state index contributed by atoms with van der Waals surface area (Å²) in [5.74, 6) is 3.03. The molecular weight excluding hydrogens is 416 g/mol. The molecule has 2 N–H and O–H groups in total. The molecule has 0 radical (unpaired) electrons. The Morgan fingerprint density at radius 3 is 2.36 bits per heavy atom. The molecule has 7 unspecified atom stereocenters. The summed E-state index contributed by atoms with van der Waals surface area (Å²) in [7, 11) is 2.05. The van der Waals surface area contributed by atoms with Crippen LogP contribution in [0.5, 0.6) is 0 Å². The van der Waals surface area contributed by atoms with Crippen molar-refractivity contribution in [1.82, 2.24) is 15.5 Å². The van der Waals surface area contributed by atoms with E-state index in [1.165, 1.54) is 6.42 Å². The number of hydrogen-bond acceptors (Lipinski definition) is 5. The van der Waals surface area contributed by atoms with Crippen molar-refractivity contribution in [3.05, 3.63) is 0 Å². The molecule has 1 aliphatic heterocycles. The minimum Gasteiger partial charge on any atom is -0.444 e. The lowest BCUT2D eigenvalue weighted by molar-refractivity contribution is -0.155. The molecule has 7 fully saturated rings. The van der Waals surface area contributed by atoms with Gasteiger partial charge in [-0.05, 0) is 95.9 Å². The van der Waals surface area contributed by atoms with E-state index in [1.54, 1.807) is 0 Å². The quantitative estimate of drug-likeness (QED) is 0.681. The van der Waals surface area contributed by atoms with E-state index in [-0.39, 0.29) is 28.9 Å². The zero-order chi connectivity index (χ0) is 23.5. The van der Waals surface area contributed by atoms with Gasteiger partial charge < -0.3 is 20.3 Å². The second-order valence-electron chi connectivity index (χ2n) is 13.3. The zero-order valence-electron chi connectivity index (χ0n) is 20.6. The van der Waals surface area contributed by atoms with Crippen LogP contribution in [0.4, 0.5) is 4.79 Å². The third kappa shape index (κ3) is 2.95. The van der Waals surface area contributed by atoms with E-state index in [4.69, 9.17) is 4.74 Å². The summed E-state index contributed by atoms with van der Waals surface area (Å²) >= 11 is 0. The number of hydrogen-bond donors (Lipinski definition) is 2. The van der Waals surface area contributed by atoms with Gasteiger partial charge in [0.2, 0.25) is 5.91 Å². The molecule has 0 aromatic heterocycles. The predicted molar refractivity (Wildman–Crippen MR) is 122 cm³/mol. The van der Waals surface area contributed by atoms with Crippen molar-refractivity contribution in [1.29, 1.82) is 5.26 Å². The molecule has 7 aliphatic rings. The molecule has 33 heavy (non-hydrogen) atoms. The normalized spacial score (nSPS) is 49.0. The van der Waals surface area contributed by atoms with E-state index in [1.807, 2.05) is 25.7 Å². The first kappa shape index (κ1) is 21.7. The number of piperidine rings is 2. The van der Waals surface area contributed by atoms with Crippen LogP contribution in [0.15, 0.2) is 0 Å². The number of likely N-dealkylation sites (tertiary alicyclic amines) is 1. The molecule has 9 atom stereocenters. The number of carbonyl (C=O) groups excluding carboxylic acids is 2. The van der Waals surface area contributed by atoms with Crippen LogP contribution in [-0.2, 0) is 9.53 Å². The van der Waals surface area contributed by atoms with Crippen LogP contribution in [-0.4, -0.2) is 53.2 Å². The maximum Gasteiger partial charge on any atom is 0.408 e. The Hall–Kier alpha value is -1.81. The number of nitrogens with zero attached hydrogens (tertiary/aromatic N) is 2. The summed E-state index contributed by atoms with van der Waals surface area (Å²) in [6, 6.07) is 1.64. The van der Waals surface area contributed by atoms with Gasteiger partial charge in [-0.15, -0.1) is 0 Å². The third-order valence-electron chi connectivity index (χ3n) is 10.3. The highest BCUT2D eigenvalue weighted by Gasteiger charge is 2.79. The van der Waals surface area contributed by atoms with Crippen LogP contribution in [0.25, 0.3) is 0 Å². The van der Waals surface area contributed by atoms with Crippen LogP contribution in [0.2, 0.25) is 0 Å². The van der Waals surface area contributed by atoms with Crippen LogP contribution in [0, 0.1) is 52.3 Å². The first-order valence-electron chi connectivity index (χ1n) is 12.9. The van der Waals surface area contributed by atoms with Crippen molar-refractivity contribution in [3.8, 4) is 6.07 Å². The van der Waals surface area contributed by atoms with E-state index in [9.17, 15) is 14.9 Å². The summed E-state index contributed by atoms with van der Waals surface area (Å²) in [5.41, 5.74) is -0.860. The fourth-order valence-corrected chi connectivity index (χ4v) is 9.65. The first-order chi connectivity index (χ1) is 15.5. The number of fused-ring (bicyclic) bond motifs is 1. The van der Waals surface area contributed by atoms with Crippen molar-refractivity contribution in [3.63, 3.8) is 0 Å². The molecule has 1 heterocycles. The fourth-order valence-electron chi connectivity index (χ4n) is 9.65. The van der Waals surface area contributed by atoms with E-state index in [0.29, 0.717) is 35.5 Å². The van der Waals surface area contributed by atoms with Gasteiger partial charge in [-0.25, -0.2) is 4.79 Å². The highest BCUT2D eigenvalue weighted by molar-refractivity contribution is 5.88. The van der Waals surface area contributed by atoms with Crippen molar-refractivity contribution in [2.24, 2.45) is 40.9 Å². The van der Waals surface area contributed by atoms with Crippen LogP contribution in [0.3, 0.4) is 0 Å². The van der Waals surface area contributed by atoms with Crippen molar-refractivity contribution in [2.75, 3.05) is 7.05 Å². The minimum atomic E-state index is -0.634. The van der Waals surface area contributed by atoms with Gasteiger partial charge in [0, 0.05) is 22.9 Å². The van der Waals surface area contributed by atoms with Gasteiger partial charge in [0.1, 0.15) is 17.7 Å². The monoisotopic (exact) mass is 454 g/mol. The number of carbonyl (C=O) groups is 2. The topological polar surface area (TPSA) is 94.5 Å². The lowest BCUT2D eigenvalue weighted by atomic mass is 9.45. The number of alkyl carbamates (subject to hydrolysis) is 1. The van der Waals surface area contributed by atoms with Crippen LogP contribution in [0.1, 0.15) is 66.2 Å². The molecule has 2 amide bonds. The Bertz CT molecular complexity index is 921. The SMILES string of the molecule is CNC12CC3CC(C1)CC(C(NC(=O)OC(C)(C)C)C(=O)N1C(C#N)C4C5[C@H](C)C1[C@H]45)(C3)C2. The Balaban J connectivity index is 1.35. The smallest absolute Gasteiger partial charge is 0.408 e. The molecule has 7 rings (SSSR count). The fraction of sp³-hybridized carbons (Fsp3) is 0.885. The van der Waals surface area contributed by atoms with Gasteiger partial charge in [0.05, 0.1) is 6.07 Å². The molecule has 7 nitrogen and oxygen atoms in total. The highest BCUT2D eigenvalue weighted by Crippen LogP contribution is 2.73. The van der Waals surface area contributed by atoms with Gasteiger partial charge in [-0.2, -0.15) is 5.26 Å². The van der Waals surface area contributed by atoms with E-state index in [2.05, 4.69) is 30.7 Å². The van der Waals surface area contributed by atoms with Gasteiger partial charge in [0.15, 0.2) is 0 Å². The summed E-state index contributed by atoms with van der Waals surface area (Å²) in [5, 5.41) is 16.7. The maximum absolute atomic E-state index is 14.4. The van der Waals surface area contributed by atoms with Crippen LogP contribution >= 0.6 is 0 Å². The van der Waals surface area contributed by atoms with Gasteiger partial charge >= 0.3 is 6.09 Å². The number of nitrogens with one attached hydrogen (secondary N) is 2. The summed E-state index contributed by atoms with van der Waals surface area (Å²) in [4.78, 5) is 29.3. The molecule has 1 saturated heterocycles. The average molecular weight is 455 g/mol. The first-order valence-corrected chi connectivity index (χ1v) is 12.9. The molecule has 180 valence electrons. The summed E-state index contributed by atoms with van der Waals surface area (Å²) < 4.78 is 5.64. The predicted octanol–water partition coefficient (Wildman–Crippen LogP) is 3.05. The Kier molecular flexibility index (Phi) is 4.37. The lowest BCUT2D eigenvalue weighted by Gasteiger charge is -2.64. The number of amides is 2. The molecule has 0 aromatic rings. The number of ether oxygens (including phenoxy) is 1. The summed E-state index contributed by atoms with van der Waals surface area (Å²) in [6.45, 7) is 7.76. The second-order valence-corrected chi connectivity index (χ2v) is 13.3. The summed E-state index contributed by atoms with van der Waals surface area (Å²) in [6.07, 6.45) is 5.87. The van der Waals surface area contributed by atoms with Crippen molar-refractivity contribution < 1.29 is 14.3 Å². The molecule has 7 heteroatoms. The molecule has 4 bridgehead atoms. The Morgan fingerprint density at radius 1 is 1.12 bits per heavy atom. The minimum absolute atomic E-state index is 0.0388. The zero-order valence-corrected chi connectivity index (χ0v) is 20.6. The largest absolute Gasteiger partial charge is 0.444 e. The number of nitriles is 1. The van der Waals surface area contributed by atoms with Crippen molar-refractivity contribution in [2.45, 2.75) is 95.5 Å². The highest BCUT2D eigenvalue weighted by atomic mass is 16.6. The molecule has 6 aliphatic carbocycles. The molecule has 6 saturated carbocycles. The van der Waals surface area contributed by atoms with E-state index >= 15 is 0 Å². The van der Waals surface area contributed by atoms with Gasteiger partial charge in [-0.1, -0.05) is 6.92 Å². The second kappa shape index (κ2) is 6.65. The van der Waals surface area contributed by atoms with Gasteiger partial charge in [0.25, 0.3) is 0 Å². The van der Waals surface area contributed by atoms with Crippen LogP contribution < -0.4 is 10.6 Å². The molecule has 0 aromatic carbocycles. The molecule has 0 spiro atoms. The standard InChI is InChI=1S/C26H38N4O3/c1-13-17-18-16(11-27)30(20(13)19(17)18)22(31)21(29-23(32)33-24(2,3)4)25-7-14-6-15(8-25)10-26(9-14,12-25)28-5/h13-21,28H,6-10,12H2,1-5H3,(H,29,32)/t13-,14?,15?,16?,17?,18?,19-,20?,21?,25?,26?/m0/s1. The van der Waals surface area contributed by atoms with E-state index in [0.717, 1.165) is 32.1 Å². The molecular formula is C26H38N4O3. The number of rotatable bonds is 4. The average Bonchev–Trinajstić information content (AvgIpc) is 3.29. The lowest BCUT2D eigenvalue weighted by Crippen LogP contribution is -2.70. The third-order valence-corrected chi connectivity index (χ3v) is 10.3. The van der Waals surface area contributed by atoms with E-state index < -0.39 is 17.7 Å². The van der Waals surface area contributed by atoms with Gasteiger partial charge in [-0.3, -0.25) is 4.79 Å². The maximum atomic E-state index is 14.4. The van der Waals surface area contributed by atoms with Crippen molar-refractivity contribution >= 4 is 12.0 Å². The Morgan fingerprint density at radius 2 is 1.79 bits per heavy atom. The Labute approximate surface area is 197 Å².